The van der Waals surface area contributed by atoms with Crippen molar-refractivity contribution in [3.63, 3.8) is 0 Å². The summed E-state index contributed by atoms with van der Waals surface area (Å²) in [6.45, 7) is 4.02. The summed E-state index contributed by atoms with van der Waals surface area (Å²) >= 11 is 0. The van der Waals surface area contributed by atoms with Crippen LogP contribution in [-0.4, -0.2) is 54.5 Å². The third-order valence-corrected chi connectivity index (χ3v) is 6.17. The molecule has 0 saturated heterocycles. The van der Waals surface area contributed by atoms with Crippen molar-refractivity contribution < 1.29 is 37.7 Å². The van der Waals surface area contributed by atoms with Crippen molar-refractivity contribution in [2.24, 2.45) is 11.8 Å². The number of unbranched alkanes of at least 4 members (excludes halogenated alkanes) is 6. The number of aliphatic hydroxyl groups excluding tert-OH is 1. The van der Waals surface area contributed by atoms with E-state index < -0.39 is 36.1 Å². The zero-order chi connectivity index (χ0) is 25.6. The fraction of sp³-hybridized carbons (Fsp3) is 0.808. The normalized spacial score (nSPS) is 21.0. The van der Waals surface area contributed by atoms with Crippen LogP contribution in [0.5, 0.6) is 0 Å². The number of allylic oxidation sites excluding steroid dienone is 1. The summed E-state index contributed by atoms with van der Waals surface area (Å²) in [4.78, 5) is 35.8. The number of esters is 1. The molecule has 8 heteroatoms. The van der Waals surface area contributed by atoms with Crippen LogP contribution in [-0.2, 0) is 23.9 Å². The molecule has 0 heterocycles. The standard InChI is InChI=1S/C26H42F2O6/c1-19(2)34-25(32)13-9-7-5-4-6-8-12-20-21(23(30)18-22(20)29)14-15-24(31)26(27,28)16-10-11-17-33-3/h14-15,19-21,23,30H,4-13,16-18H2,1-3H3/b15-14+/t20?,21-,23?/m1/s1. The maximum atomic E-state index is 14.1. The second-order valence-electron chi connectivity index (χ2n) is 9.50. The summed E-state index contributed by atoms with van der Waals surface area (Å²) in [7, 11) is 1.49. The van der Waals surface area contributed by atoms with Crippen molar-refractivity contribution in [1.29, 1.82) is 0 Å². The number of hydrogen-bond donors (Lipinski definition) is 1. The Morgan fingerprint density at radius 3 is 2.38 bits per heavy atom. The van der Waals surface area contributed by atoms with E-state index >= 15 is 0 Å². The molecule has 0 bridgehead atoms. The Morgan fingerprint density at radius 1 is 1.09 bits per heavy atom. The molecule has 6 nitrogen and oxygen atoms in total. The quantitative estimate of drug-likeness (QED) is 0.162. The third-order valence-electron chi connectivity index (χ3n) is 6.17. The molecule has 1 aliphatic carbocycles. The SMILES string of the molecule is COCCCCC(F)(F)C(=O)/C=C/[C@H]1C(O)CC(=O)C1CCCCCCCCC(=O)OC(C)C. The molecule has 1 saturated carbocycles. The molecule has 3 atom stereocenters. The Bertz CT molecular complexity index is 662. The van der Waals surface area contributed by atoms with Gasteiger partial charge < -0.3 is 14.6 Å². The Hall–Kier alpha value is -1.67. The van der Waals surface area contributed by atoms with Gasteiger partial charge in [-0.2, -0.15) is 8.78 Å². The van der Waals surface area contributed by atoms with E-state index in [4.69, 9.17) is 9.47 Å². The first-order chi connectivity index (χ1) is 16.1. The summed E-state index contributed by atoms with van der Waals surface area (Å²) in [5, 5.41) is 10.2. The number of carbonyl (C=O) groups excluding carboxylic acids is 3. The summed E-state index contributed by atoms with van der Waals surface area (Å²) in [5.74, 6) is -6.04. The molecule has 0 aromatic carbocycles. The van der Waals surface area contributed by atoms with Gasteiger partial charge in [0.15, 0.2) is 0 Å². The molecule has 0 aliphatic heterocycles. The van der Waals surface area contributed by atoms with Gasteiger partial charge in [0.1, 0.15) is 5.78 Å². The second-order valence-corrected chi connectivity index (χ2v) is 9.50. The summed E-state index contributed by atoms with van der Waals surface area (Å²) in [5.41, 5.74) is 0. The van der Waals surface area contributed by atoms with Crippen LogP contribution in [0.15, 0.2) is 12.2 Å². The lowest BCUT2D eigenvalue weighted by molar-refractivity contribution is -0.147. The van der Waals surface area contributed by atoms with E-state index in [0.29, 0.717) is 25.9 Å². The number of aliphatic hydroxyl groups is 1. The van der Waals surface area contributed by atoms with E-state index in [1.54, 1.807) is 0 Å². The molecule has 1 aliphatic rings. The number of rotatable bonds is 18. The first kappa shape index (κ1) is 30.4. The topological polar surface area (TPSA) is 89.9 Å². The van der Waals surface area contributed by atoms with E-state index in [1.165, 1.54) is 13.2 Å². The van der Waals surface area contributed by atoms with Crippen molar-refractivity contribution in [2.45, 2.75) is 109 Å². The number of methoxy groups -OCH3 is 1. The summed E-state index contributed by atoms with van der Waals surface area (Å²) < 4.78 is 38.1. The third kappa shape index (κ3) is 11.6. The van der Waals surface area contributed by atoms with Gasteiger partial charge in [0.25, 0.3) is 0 Å². The van der Waals surface area contributed by atoms with Gasteiger partial charge in [0, 0.05) is 44.8 Å². The lowest BCUT2D eigenvalue weighted by Gasteiger charge is -2.18. The van der Waals surface area contributed by atoms with Gasteiger partial charge in [-0.3, -0.25) is 14.4 Å². The van der Waals surface area contributed by atoms with Gasteiger partial charge in [0.05, 0.1) is 12.2 Å². The Kier molecular flexibility index (Phi) is 14.4. The van der Waals surface area contributed by atoms with Crippen LogP contribution >= 0.6 is 0 Å². The zero-order valence-electron chi connectivity index (χ0n) is 20.9. The Morgan fingerprint density at radius 2 is 1.74 bits per heavy atom. The molecule has 1 N–H and O–H groups in total. The van der Waals surface area contributed by atoms with Crippen molar-refractivity contribution in [3.8, 4) is 0 Å². The summed E-state index contributed by atoms with van der Waals surface area (Å²) in [6, 6.07) is 0. The molecule has 1 rings (SSSR count). The highest BCUT2D eigenvalue weighted by Crippen LogP contribution is 2.35. The lowest BCUT2D eigenvalue weighted by atomic mass is 9.88. The Labute approximate surface area is 202 Å². The van der Waals surface area contributed by atoms with Gasteiger partial charge >= 0.3 is 11.9 Å². The van der Waals surface area contributed by atoms with Crippen molar-refractivity contribution >= 4 is 17.5 Å². The van der Waals surface area contributed by atoms with Crippen LogP contribution in [0.1, 0.15) is 90.9 Å². The van der Waals surface area contributed by atoms with Gasteiger partial charge in [0.2, 0.25) is 5.78 Å². The van der Waals surface area contributed by atoms with Gasteiger partial charge in [-0.05, 0) is 45.6 Å². The molecule has 1 fully saturated rings. The van der Waals surface area contributed by atoms with E-state index in [1.807, 2.05) is 13.8 Å². The van der Waals surface area contributed by atoms with Crippen LogP contribution in [0.2, 0.25) is 0 Å². The van der Waals surface area contributed by atoms with Crippen LogP contribution in [0.3, 0.4) is 0 Å². The maximum Gasteiger partial charge on any atom is 0.309 e. The van der Waals surface area contributed by atoms with E-state index in [2.05, 4.69) is 0 Å². The highest BCUT2D eigenvalue weighted by atomic mass is 19.3. The molecule has 0 spiro atoms. The molecule has 0 aromatic heterocycles. The first-order valence-electron chi connectivity index (χ1n) is 12.6. The fourth-order valence-electron chi connectivity index (χ4n) is 4.29. The van der Waals surface area contributed by atoms with Gasteiger partial charge in [-0.1, -0.05) is 38.2 Å². The monoisotopic (exact) mass is 488 g/mol. The number of ether oxygens (including phenoxy) is 2. The van der Waals surface area contributed by atoms with Crippen molar-refractivity contribution in [2.75, 3.05) is 13.7 Å². The molecular formula is C26H42F2O6. The van der Waals surface area contributed by atoms with Crippen LogP contribution in [0.4, 0.5) is 8.78 Å². The van der Waals surface area contributed by atoms with Crippen LogP contribution in [0, 0.1) is 11.8 Å². The van der Waals surface area contributed by atoms with Gasteiger partial charge in [-0.25, -0.2) is 0 Å². The highest BCUT2D eigenvalue weighted by Gasteiger charge is 2.41. The molecule has 0 amide bonds. The average molecular weight is 489 g/mol. The highest BCUT2D eigenvalue weighted by molar-refractivity contribution is 5.95. The van der Waals surface area contributed by atoms with Crippen LogP contribution in [0.25, 0.3) is 0 Å². The van der Waals surface area contributed by atoms with Crippen molar-refractivity contribution in [1.82, 2.24) is 0 Å². The first-order valence-corrected chi connectivity index (χ1v) is 12.6. The number of hydrogen-bond acceptors (Lipinski definition) is 6. The minimum Gasteiger partial charge on any atom is -0.463 e. The smallest absolute Gasteiger partial charge is 0.309 e. The van der Waals surface area contributed by atoms with E-state index in [9.17, 15) is 28.3 Å². The molecule has 34 heavy (non-hydrogen) atoms. The molecule has 0 aromatic rings. The number of halogens is 2. The maximum absolute atomic E-state index is 14.1. The van der Waals surface area contributed by atoms with Crippen LogP contribution < -0.4 is 0 Å². The lowest BCUT2D eigenvalue weighted by Crippen LogP contribution is -2.27. The number of alkyl halides is 2. The number of carbonyl (C=O) groups is 3. The average Bonchev–Trinajstić information content (AvgIpc) is 3.02. The van der Waals surface area contributed by atoms with Gasteiger partial charge in [-0.15, -0.1) is 0 Å². The molecular weight excluding hydrogens is 446 g/mol. The predicted molar refractivity (Wildman–Crippen MR) is 126 cm³/mol. The number of ketones is 2. The van der Waals surface area contributed by atoms with E-state index in [0.717, 1.165) is 44.6 Å². The molecule has 2 unspecified atom stereocenters. The minimum atomic E-state index is -3.46. The second kappa shape index (κ2) is 16.1. The van der Waals surface area contributed by atoms with E-state index in [-0.39, 0.29) is 30.7 Å². The predicted octanol–water partition coefficient (Wildman–Crippen LogP) is 5.20. The van der Waals surface area contributed by atoms with Crippen molar-refractivity contribution in [3.05, 3.63) is 12.2 Å². The molecule has 0 radical (unpaired) electrons. The molecule has 196 valence electrons. The largest absolute Gasteiger partial charge is 0.463 e. The fourth-order valence-corrected chi connectivity index (χ4v) is 4.29. The zero-order valence-corrected chi connectivity index (χ0v) is 20.9. The minimum absolute atomic E-state index is 0.00620. The Balaban J connectivity index is 2.38. The number of Topliss-reactive ketones (excluding diaryl/α,β-unsaturated/α-hetero) is 1. The summed E-state index contributed by atoms with van der Waals surface area (Å²) in [6.07, 6.45) is 7.54.